The number of halogens is 4. The Morgan fingerprint density at radius 2 is 1.93 bits per heavy atom. The number of hydrogen-bond acceptors (Lipinski definition) is 2. The normalized spacial score (nSPS) is 11.5. The molecule has 0 aliphatic heterocycles. The quantitative estimate of drug-likeness (QED) is 0.758. The van der Waals surface area contributed by atoms with Crippen LogP contribution in [0.3, 0.4) is 0 Å². The maximum atomic E-state index is 12.5. The second-order valence-electron chi connectivity index (χ2n) is 2.46. The van der Waals surface area contributed by atoms with Crippen LogP contribution in [0.1, 0.15) is 5.56 Å². The Balaban J connectivity index is 2.99. The molecule has 0 amide bonds. The van der Waals surface area contributed by atoms with Crippen molar-refractivity contribution in [3.63, 3.8) is 0 Å². The molecular formula is C8H6F4O2. The largest absolute Gasteiger partial charge is 0.573 e. The first-order valence-electron chi connectivity index (χ1n) is 3.57. The van der Waals surface area contributed by atoms with Crippen molar-refractivity contribution >= 4 is 0 Å². The minimum atomic E-state index is -4.89. The van der Waals surface area contributed by atoms with Gasteiger partial charge in [-0.15, -0.1) is 13.2 Å². The highest BCUT2D eigenvalue weighted by Crippen LogP contribution is 2.27. The van der Waals surface area contributed by atoms with E-state index in [1.165, 1.54) is 0 Å². The van der Waals surface area contributed by atoms with Gasteiger partial charge in [0.15, 0.2) is 0 Å². The van der Waals surface area contributed by atoms with Crippen molar-refractivity contribution in [3.05, 3.63) is 29.6 Å². The summed E-state index contributed by atoms with van der Waals surface area (Å²) in [4.78, 5) is 0. The molecule has 1 rings (SSSR count). The molecule has 6 heteroatoms. The lowest BCUT2D eigenvalue weighted by atomic mass is 10.2. The molecule has 1 aromatic rings. The zero-order valence-corrected chi connectivity index (χ0v) is 6.81. The monoisotopic (exact) mass is 210 g/mol. The van der Waals surface area contributed by atoms with Crippen LogP contribution in [0, 0.1) is 5.82 Å². The van der Waals surface area contributed by atoms with Crippen molar-refractivity contribution in [2.45, 2.75) is 13.0 Å². The van der Waals surface area contributed by atoms with Crippen molar-refractivity contribution in [2.24, 2.45) is 0 Å². The van der Waals surface area contributed by atoms with Crippen LogP contribution in [0.25, 0.3) is 0 Å². The average Bonchev–Trinajstić information content (AvgIpc) is 2.01. The lowest BCUT2D eigenvalue weighted by Gasteiger charge is -2.11. The van der Waals surface area contributed by atoms with Crippen LogP contribution in [0.5, 0.6) is 5.75 Å². The van der Waals surface area contributed by atoms with Crippen LogP contribution in [0.15, 0.2) is 18.2 Å². The number of aliphatic hydroxyl groups is 1. The van der Waals surface area contributed by atoms with Crippen molar-refractivity contribution in [1.29, 1.82) is 0 Å². The zero-order chi connectivity index (χ0) is 10.8. The van der Waals surface area contributed by atoms with E-state index in [9.17, 15) is 17.6 Å². The fourth-order valence-electron chi connectivity index (χ4n) is 0.879. The van der Waals surface area contributed by atoms with Crippen LogP contribution in [-0.2, 0) is 6.61 Å². The maximum absolute atomic E-state index is 12.5. The molecular weight excluding hydrogens is 204 g/mol. The molecule has 0 fully saturated rings. The van der Waals surface area contributed by atoms with Gasteiger partial charge in [0.2, 0.25) is 0 Å². The molecule has 1 aromatic carbocycles. The molecule has 0 aliphatic carbocycles. The van der Waals surface area contributed by atoms with E-state index >= 15 is 0 Å². The van der Waals surface area contributed by atoms with E-state index in [0.29, 0.717) is 6.07 Å². The van der Waals surface area contributed by atoms with Crippen LogP contribution in [-0.4, -0.2) is 11.5 Å². The van der Waals surface area contributed by atoms with E-state index in [0.717, 1.165) is 12.1 Å². The molecule has 0 saturated carbocycles. The third-order valence-electron chi connectivity index (χ3n) is 1.43. The summed E-state index contributed by atoms with van der Waals surface area (Å²) in [6, 6.07) is 2.53. The summed E-state index contributed by atoms with van der Waals surface area (Å²) in [5.41, 5.74) is -0.122. The molecule has 0 saturated heterocycles. The van der Waals surface area contributed by atoms with Gasteiger partial charge >= 0.3 is 6.36 Å². The highest BCUT2D eigenvalue weighted by atomic mass is 19.4. The molecule has 0 atom stereocenters. The lowest BCUT2D eigenvalue weighted by molar-refractivity contribution is -0.275. The molecule has 78 valence electrons. The summed E-state index contributed by atoms with van der Waals surface area (Å²) in [6.07, 6.45) is -4.89. The number of ether oxygens (including phenoxy) is 1. The van der Waals surface area contributed by atoms with Crippen molar-refractivity contribution in [3.8, 4) is 5.75 Å². The molecule has 0 spiro atoms. The maximum Gasteiger partial charge on any atom is 0.573 e. The molecule has 2 nitrogen and oxygen atoms in total. The van der Waals surface area contributed by atoms with E-state index in [4.69, 9.17) is 5.11 Å². The Kier molecular flexibility index (Phi) is 2.95. The molecule has 0 radical (unpaired) electrons. The van der Waals surface area contributed by atoms with Gasteiger partial charge in [0.05, 0.1) is 6.61 Å². The van der Waals surface area contributed by atoms with E-state index < -0.39 is 24.5 Å². The number of alkyl halides is 3. The van der Waals surface area contributed by atoms with Gasteiger partial charge in [0.1, 0.15) is 11.6 Å². The number of benzene rings is 1. The third-order valence-corrected chi connectivity index (χ3v) is 1.43. The first-order valence-corrected chi connectivity index (χ1v) is 3.57. The van der Waals surface area contributed by atoms with Crippen molar-refractivity contribution < 1.29 is 27.4 Å². The summed E-state index contributed by atoms with van der Waals surface area (Å²) < 4.78 is 51.3. The Labute approximate surface area is 76.7 Å². The topological polar surface area (TPSA) is 29.5 Å². The molecule has 0 bridgehead atoms. The van der Waals surface area contributed by atoms with Gasteiger partial charge in [-0.3, -0.25) is 0 Å². The molecule has 0 heterocycles. The Hall–Kier alpha value is -1.30. The molecule has 0 aromatic heterocycles. The van der Waals surface area contributed by atoms with E-state index in [1.807, 2.05) is 0 Å². The fraction of sp³-hybridized carbons (Fsp3) is 0.250. The zero-order valence-electron chi connectivity index (χ0n) is 6.81. The summed E-state index contributed by atoms with van der Waals surface area (Å²) in [5.74, 6) is -1.58. The Bertz CT molecular complexity index is 322. The second-order valence-corrected chi connectivity index (χ2v) is 2.46. The highest BCUT2D eigenvalue weighted by molar-refractivity contribution is 5.33. The molecule has 1 N–H and O–H groups in total. The first kappa shape index (κ1) is 10.8. The fourth-order valence-corrected chi connectivity index (χ4v) is 0.879. The van der Waals surface area contributed by atoms with Gasteiger partial charge in [0, 0.05) is 11.6 Å². The lowest BCUT2D eigenvalue weighted by Crippen LogP contribution is -2.18. The van der Waals surface area contributed by atoms with E-state index in [2.05, 4.69) is 4.74 Å². The summed E-state index contributed by atoms with van der Waals surface area (Å²) in [5, 5.41) is 8.64. The third kappa shape index (κ3) is 2.88. The highest BCUT2D eigenvalue weighted by Gasteiger charge is 2.32. The van der Waals surface area contributed by atoms with Crippen LogP contribution < -0.4 is 4.74 Å². The van der Waals surface area contributed by atoms with E-state index in [1.54, 1.807) is 0 Å². The van der Waals surface area contributed by atoms with Gasteiger partial charge in [-0.25, -0.2) is 4.39 Å². The minimum absolute atomic E-state index is 0.122. The van der Waals surface area contributed by atoms with E-state index in [-0.39, 0.29) is 5.56 Å². The smallest absolute Gasteiger partial charge is 0.405 e. The first-order chi connectivity index (χ1) is 6.42. The number of aliphatic hydroxyl groups excluding tert-OH is 1. The van der Waals surface area contributed by atoms with Crippen LogP contribution in [0.4, 0.5) is 17.6 Å². The molecule has 14 heavy (non-hydrogen) atoms. The van der Waals surface area contributed by atoms with Crippen molar-refractivity contribution in [2.75, 3.05) is 0 Å². The average molecular weight is 210 g/mol. The van der Waals surface area contributed by atoms with Crippen LogP contribution >= 0.6 is 0 Å². The summed E-state index contributed by atoms with van der Waals surface area (Å²) >= 11 is 0. The summed E-state index contributed by atoms with van der Waals surface area (Å²) in [7, 11) is 0. The van der Waals surface area contributed by atoms with Crippen molar-refractivity contribution in [1.82, 2.24) is 0 Å². The van der Waals surface area contributed by atoms with Gasteiger partial charge in [-0.05, 0) is 6.07 Å². The standard InChI is InChI=1S/C8H6F4O2/c9-6-2-1-5(4-13)7(3-6)14-8(10,11)12/h1-3,13H,4H2. The number of hydrogen-bond donors (Lipinski definition) is 1. The summed E-state index contributed by atoms with van der Waals surface area (Å²) in [6.45, 7) is -0.647. The second kappa shape index (κ2) is 3.83. The Morgan fingerprint density at radius 3 is 2.43 bits per heavy atom. The Morgan fingerprint density at radius 1 is 1.29 bits per heavy atom. The van der Waals surface area contributed by atoms with Gasteiger partial charge < -0.3 is 9.84 Å². The molecule has 0 aliphatic rings. The van der Waals surface area contributed by atoms with Crippen LogP contribution in [0.2, 0.25) is 0 Å². The van der Waals surface area contributed by atoms with Gasteiger partial charge in [0.25, 0.3) is 0 Å². The number of rotatable bonds is 2. The predicted molar refractivity (Wildman–Crippen MR) is 39.0 cm³/mol. The van der Waals surface area contributed by atoms with Gasteiger partial charge in [-0.1, -0.05) is 6.07 Å². The minimum Gasteiger partial charge on any atom is -0.405 e. The molecule has 0 unspecified atom stereocenters. The van der Waals surface area contributed by atoms with Gasteiger partial charge in [-0.2, -0.15) is 0 Å². The SMILES string of the molecule is OCc1ccc(F)cc1OC(F)(F)F. The predicted octanol–water partition coefficient (Wildman–Crippen LogP) is 2.22.